The maximum atomic E-state index is 13.0. The highest BCUT2D eigenvalue weighted by molar-refractivity contribution is 5.86. The molecule has 5 aliphatic rings. The van der Waals surface area contributed by atoms with Gasteiger partial charge in [-0.2, -0.15) is 0 Å². The zero-order valence-electron chi connectivity index (χ0n) is 15.6. The van der Waals surface area contributed by atoms with Crippen LogP contribution in [0.15, 0.2) is 12.2 Å². The summed E-state index contributed by atoms with van der Waals surface area (Å²) in [5, 5.41) is 33.1. The summed E-state index contributed by atoms with van der Waals surface area (Å²) in [6, 6.07) is 0. The van der Waals surface area contributed by atoms with Gasteiger partial charge >= 0.3 is 11.9 Å². The molecule has 4 aliphatic carbocycles. The van der Waals surface area contributed by atoms with E-state index in [2.05, 4.69) is 6.58 Å². The molecule has 1 aliphatic heterocycles. The minimum Gasteiger partial charge on any atom is -0.469 e. The van der Waals surface area contributed by atoms with Crippen molar-refractivity contribution in [2.45, 2.75) is 62.4 Å². The molecule has 1 spiro atoms. The smallest absolute Gasteiger partial charge is 0.315 e. The zero-order valence-corrected chi connectivity index (χ0v) is 15.6. The van der Waals surface area contributed by atoms with Gasteiger partial charge in [-0.3, -0.25) is 9.59 Å². The van der Waals surface area contributed by atoms with Crippen LogP contribution in [0.4, 0.5) is 0 Å². The molecule has 7 nitrogen and oxygen atoms in total. The van der Waals surface area contributed by atoms with Crippen LogP contribution in [0, 0.1) is 28.6 Å². The van der Waals surface area contributed by atoms with Crippen LogP contribution in [0.3, 0.4) is 0 Å². The lowest BCUT2D eigenvalue weighted by Gasteiger charge is -2.48. The number of hydrogen-bond donors (Lipinski definition) is 3. The van der Waals surface area contributed by atoms with Crippen LogP contribution in [-0.4, -0.2) is 57.8 Å². The molecule has 1 heterocycles. The highest BCUT2D eigenvalue weighted by atomic mass is 16.6. The summed E-state index contributed by atoms with van der Waals surface area (Å²) >= 11 is 0. The second-order valence-electron chi connectivity index (χ2n) is 9.47. The number of hydrogen-bond acceptors (Lipinski definition) is 7. The lowest BCUT2D eigenvalue weighted by Crippen LogP contribution is -2.57. The Labute approximate surface area is 157 Å². The molecule has 4 bridgehead atoms. The van der Waals surface area contributed by atoms with Crippen molar-refractivity contribution in [3.8, 4) is 0 Å². The lowest BCUT2D eigenvalue weighted by atomic mass is 9.59. The van der Waals surface area contributed by atoms with Crippen molar-refractivity contribution in [3.05, 3.63) is 12.2 Å². The molecule has 3 N–H and O–H groups in total. The van der Waals surface area contributed by atoms with Crippen molar-refractivity contribution in [1.29, 1.82) is 0 Å². The number of aliphatic hydroxyl groups is 3. The Kier molecular flexibility index (Phi) is 3.11. The standard InChI is InChI=1S/C20H26O7/c1-9-8-18-10(4-6-19(9,25)15(18)23)20-7-5-11(21)17(2,16(24)27-20)13(20)12(18)14(22)26-3/h10-13,15,21,23,25H,1,4-8H2,2-3H3/t10-,11+,12-,13-,15+,17-,18+,19-,20-/m1/s1. The van der Waals surface area contributed by atoms with E-state index in [1.54, 1.807) is 6.92 Å². The molecule has 27 heavy (non-hydrogen) atoms. The fourth-order valence-electron chi connectivity index (χ4n) is 7.79. The Hall–Kier alpha value is -1.44. The molecule has 0 aromatic rings. The van der Waals surface area contributed by atoms with Crippen LogP contribution >= 0.6 is 0 Å². The van der Waals surface area contributed by atoms with E-state index in [0.29, 0.717) is 31.3 Å². The molecule has 0 aromatic carbocycles. The first kappa shape index (κ1) is 17.6. The number of carbonyl (C=O) groups is 2. The fraction of sp³-hybridized carbons (Fsp3) is 0.800. The number of fused-ring (bicyclic) bond motifs is 1. The Morgan fingerprint density at radius 2 is 2.00 bits per heavy atom. The van der Waals surface area contributed by atoms with Crippen LogP contribution in [0.5, 0.6) is 0 Å². The number of aliphatic hydroxyl groups excluding tert-OH is 2. The first-order valence-electron chi connectivity index (χ1n) is 9.68. The molecule has 9 atom stereocenters. The zero-order chi connectivity index (χ0) is 19.6. The second-order valence-corrected chi connectivity index (χ2v) is 9.47. The van der Waals surface area contributed by atoms with E-state index >= 15 is 0 Å². The van der Waals surface area contributed by atoms with Gasteiger partial charge < -0.3 is 24.8 Å². The Morgan fingerprint density at radius 3 is 2.67 bits per heavy atom. The third-order valence-corrected chi connectivity index (χ3v) is 8.91. The molecule has 0 radical (unpaired) electrons. The van der Waals surface area contributed by atoms with Crippen molar-refractivity contribution in [2.24, 2.45) is 28.6 Å². The van der Waals surface area contributed by atoms with Crippen LogP contribution < -0.4 is 0 Å². The summed E-state index contributed by atoms with van der Waals surface area (Å²) in [6.45, 7) is 5.66. The fourth-order valence-corrected chi connectivity index (χ4v) is 7.79. The van der Waals surface area contributed by atoms with Gasteiger partial charge in [-0.1, -0.05) is 6.58 Å². The summed E-state index contributed by atoms with van der Waals surface area (Å²) in [6.07, 6.45) is -0.125. The minimum absolute atomic E-state index is 0.285. The number of esters is 2. The highest BCUT2D eigenvalue weighted by Crippen LogP contribution is 2.78. The van der Waals surface area contributed by atoms with Crippen molar-refractivity contribution in [3.63, 3.8) is 0 Å². The van der Waals surface area contributed by atoms with Gasteiger partial charge in [0.1, 0.15) is 11.2 Å². The molecule has 7 heteroatoms. The Bertz CT molecular complexity index is 778. The van der Waals surface area contributed by atoms with Crippen molar-refractivity contribution >= 4 is 11.9 Å². The predicted octanol–water partition coefficient (Wildman–Crippen LogP) is 0.310. The first-order valence-corrected chi connectivity index (χ1v) is 9.68. The normalized spacial score (nSPS) is 57.9. The largest absolute Gasteiger partial charge is 0.469 e. The molecular formula is C20H26O7. The second kappa shape index (κ2) is 4.75. The number of carbonyl (C=O) groups excluding carboxylic acids is 2. The first-order chi connectivity index (χ1) is 12.6. The number of ether oxygens (including phenoxy) is 2. The number of methoxy groups -OCH3 is 1. The molecule has 148 valence electrons. The van der Waals surface area contributed by atoms with E-state index < -0.39 is 58.0 Å². The average molecular weight is 378 g/mol. The van der Waals surface area contributed by atoms with Gasteiger partial charge in [-0.25, -0.2) is 0 Å². The molecule has 0 aromatic heterocycles. The maximum Gasteiger partial charge on any atom is 0.315 e. The van der Waals surface area contributed by atoms with E-state index in [1.807, 2.05) is 0 Å². The number of rotatable bonds is 1. The van der Waals surface area contributed by atoms with Gasteiger partial charge in [-0.05, 0) is 44.6 Å². The highest BCUT2D eigenvalue weighted by Gasteiger charge is 2.86. The van der Waals surface area contributed by atoms with Gasteiger partial charge in [0, 0.05) is 17.3 Å². The van der Waals surface area contributed by atoms with E-state index in [1.165, 1.54) is 7.11 Å². The lowest BCUT2D eigenvalue weighted by molar-refractivity contribution is -0.185. The van der Waals surface area contributed by atoms with Crippen molar-refractivity contribution < 1.29 is 34.4 Å². The van der Waals surface area contributed by atoms with Crippen molar-refractivity contribution in [1.82, 2.24) is 0 Å². The van der Waals surface area contributed by atoms with E-state index in [9.17, 15) is 24.9 Å². The van der Waals surface area contributed by atoms with Crippen LogP contribution in [0.25, 0.3) is 0 Å². The summed E-state index contributed by atoms with van der Waals surface area (Å²) in [4.78, 5) is 25.9. The quantitative estimate of drug-likeness (QED) is 0.445. The SMILES string of the molecule is C=C1C[C@@]23[C@@H](C(=O)OC)[C@H]4[C@@]5(CC[C@H](O)[C@@]4(C)C(=O)O5)[C@@H]2CC[C@]1(O)[C@H]3O. The van der Waals surface area contributed by atoms with Gasteiger partial charge in [0.15, 0.2) is 0 Å². The van der Waals surface area contributed by atoms with Crippen LogP contribution in [0.2, 0.25) is 0 Å². The third kappa shape index (κ3) is 1.52. The third-order valence-electron chi connectivity index (χ3n) is 8.91. The Morgan fingerprint density at radius 1 is 1.30 bits per heavy atom. The monoisotopic (exact) mass is 378 g/mol. The van der Waals surface area contributed by atoms with E-state index in [4.69, 9.17) is 9.47 Å². The van der Waals surface area contributed by atoms with Crippen LogP contribution in [-0.2, 0) is 19.1 Å². The van der Waals surface area contributed by atoms with E-state index in [-0.39, 0.29) is 12.3 Å². The topological polar surface area (TPSA) is 113 Å². The van der Waals surface area contributed by atoms with Crippen molar-refractivity contribution in [2.75, 3.05) is 7.11 Å². The average Bonchev–Trinajstić information content (AvgIpc) is 3.01. The molecular weight excluding hydrogens is 352 g/mol. The van der Waals surface area contributed by atoms with Crippen LogP contribution in [0.1, 0.15) is 39.0 Å². The molecule has 0 unspecified atom stereocenters. The Balaban J connectivity index is 1.79. The summed E-state index contributed by atoms with van der Waals surface area (Å²) in [5.74, 6) is -2.73. The predicted molar refractivity (Wildman–Crippen MR) is 91.0 cm³/mol. The summed E-state index contributed by atoms with van der Waals surface area (Å²) < 4.78 is 11.1. The molecule has 5 fully saturated rings. The summed E-state index contributed by atoms with van der Waals surface area (Å²) in [5.41, 5.74) is -4.06. The molecule has 0 amide bonds. The maximum absolute atomic E-state index is 13.0. The van der Waals surface area contributed by atoms with E-state index in [0.717, 1.165) is 0 Å². The molecule has 4 saturated carbocycles. The molecule has 5 rings (SSSR count). The van der Waals surface area contributed by atoms with Gasteiger partial charge in [0.25, 0.3) is 0 Å². The van der Waals surface area contributed by atoms with Gasteiger partial charge in [-0.15, -0.1) is 0 Å². The van der Waals surface area contributed by atoms with Gasteiger partial charge in [0.05, 0.1) is 30.7 Å². The van der Waals surface area contributed by atoms with Gasteiger partial charge in [0.2, 0.25) is 0 Å². The summed E-state index contributed by atoms with van der Waals surface area (Å²) in [7, 11) is 1.29. The minimum atomic E-state index is -1.43. The molecule has 1 saturated heterocycles.